The second-order valence-corrected chi connectivity index (χ2v) is 7.51. The van der Waals surface area contributed by atoms with Crippen molar-refractivity contribution >= 4 is 40.4 Å². The lowest BCUT2D eigenvalue weighted by molar-refractivity contribution is 0.833. The van der Waals surface area contributed by atoms with Crippen LogP contribution < -0.4 is 10.6 Å². The fourth-order valence-corrected chi connectivity index (χ4v) is 3.57. The molecule has 2 N–H and O–H groups in total. The van der Waals surface area contributed by atoms with Gasteiger partial charge in [0, 0.05) is 17.5 Å². The fourth-order valence-electron chi connectivity index (χ4n) is 3.57. The van der Waals surface area contributed by atoms with Crippen molar-refractivity contribution in [1.82, 2.24) is 19.5 Å². The van der Waals surface area contributed by atoms with Crippen molar-refractivity contribution in [3.8, 4) is 12.1 Å². The first kappa shape index (κ1) is 22.0. The van der Waals surface area contributed by atoms with Gasteiger partial charge in [-0.1, -0.05) is 0 Å². The highest BCUT2D eigenvalue weighted by atomic mass is 15.2. The molecule has 0 saturated carbocycles. The van der Waals surface area contributed by atoms with E-state index in [0.717, 1.165) is 28.1 Å². The summed E-state index contributed by atoms with van der Waals surface area (Å²) in [5, 5.41) is 24.4. The van der Waals surface area contributed by atoms with Crippen LogP contribution in [0.4, 0.5) is 23.1 Å². The second kappa shape index (κ2) is 9.52. The van der Waals surface area contributed by atoms with Crippen LogP contribution >= 0.6 is 0 Å². The van der Waals surface area contributed by atoms with Crippen molar-refractivity contribution in [3.05, 3.63) is 82.5 Å². The first-order chi connectivity index (χ1) is 16.5. The van der Waals surface area contributed by atoms with Gasteiger partial charge in [0.1, 0.15) is 6.33 Å². The van der Waals surface area contributed by atoms with Gasteiger partial charge in [0.05, 0.1) is 17.7 Å². The predicted octanol–water partition coefficient (Wildman–Crippen LogP) is 5.22. The van der Waals surface area contributed by atoms with Crippen LogP contribution in [0.1, 0.15) is 22.3 Å². The van der Waals surface area contributed by atoms with Gasteiger partial charge < -0.3 is 10.6 Å². The quantitative estimate of drug-likeness (QED) is 0.308. The Morgan fingerprint density at radius 2 is 1.82 bits per heavy atom. The third kappa shape index (κ3) is 4.52. The maximum Gasteiger partial charge on any atom is 0.295 e. The normalized spacial score (nSPS) is 10.6. The third-order valence-corrected chi connectivity index (χ3v) is 5.11. The number of hydrogen-bond donors (Lipinski definition) is 2. The number of anilines is 4. The molecule has 0 atom stereocenters. The number of aromatic nitrogens is 4. The van der Waals surface area contributed by atoms with Crippen LogP contribution in [0.5, 0.6) is 0 Å². The number of fused-ring (bicyclic) bond motifs is 1. The molecular formula is C25H19N9. The highest BCUT2D eigenvalue weighted by molar-refractivity contribution is 5.88. The smallest absolute Gasteiger partial charge is 0.295 e. The molecule has 2 aromatic heterocycles. The Morgan fingerprint density at radius 3 is 2.47 bits per heavy atom. The number of hydrogen-bond acceptors (Lipinski definition) is 7. The molecule has 2 aromatic carbocycles. The summed E-state index contributed by atoms with van der Waals surface area (Å²) in [5.74, 6) is 0.826. The molecule has 0 bridgehead atoms. The largest absolute Gasteiger partial charge is 0.338 e. The molecule has 0 radical (unpaired) electrons. The summed E-state index contributed by atoms with van der Waals surface area (Å²) in [6.07, 6.45) is 4.78. The molecule has 0 aliphatic carbocycles. The van der Waals surface area contributed by atoms with Crippen LogP contribution in [-0.4, -0.2) is 19.5 Å². The van der Waals surface area contributed by atoms with Crippen LogP contribution in [0.15, 0.2) is 48.8 Å². The van der Waals surface area contributed by atoms with E-state index in [1.165, 1.54) is 6.08 Å². The lowest BCUT2D eigenvalue weighted by atomic mass is 10.0. The van der Waals surface area contributed by atoms with E-state index in [9.17, 15) is 0 Å². The van der Waals surface area contributed by atoms with E-state index in [4.69, 9.17) is 17.1 Å². The number of rotatable bonds is 6. The maximum atomic E-state index is 9.02. The summed E-state index contributed by atoms with van der Waals surface area (Å²) in [6.45, 7) is 11.3. The van der Waals surface area contributed by atoms with Gasteiger partial charge in [-0.3, -0.25) is 4.85 Å². The number of allylic oxidation sites excluding steroid dienone is 1. The lowest BCUT2D eigenvalue weighted by Gasteiger charge is -2.15. The summed E-state index contributed by atoms with van der Waals surface area (Å²) < 4.78 is 1.66. The Kier molecular flexibility index (Phi) is 6.16. The molecular weight excluding hydrogens is 426 g/mol. The third-order valence-electron chi connectivity index (χ3n) is 5.11. The zero-order chi connectivity index (χ0) is 24.1. The molecule has 0 aliphatic rings. The molecule has 2 heterocycles. The predicted molar refractivity (Wildman–Crippen MR) is 130 cm³/mol. The number of imidazole rings is 1. The van der Waals surface area contributed by atoms with Gasteiger partial charge in [-0.15, -0.1) is 0 Å². The van der Waals surface area contributed by atoms with Crippen LogP contribution in [0.2, 0.25) is 0 Å². The zero-order valence-corrected chi connectivity index (χ0v) is 18.5. The first-order valence-electron chi connectivity index (χ1n) is 10.3. The number of aryl methyl sites for hydroxylation is 2. The summed E-state index contributed by atoms with van der Waals surface area (Å²) in [6, 6.07) is 15.0. The van der Waals surface area contributed by atoms with Gasteiger partial charge in [0.15, 0.2) is 17.0 Å². The van der Waals surface area contributed by atoms with Gasteiger partial charge in [-0.25, -0.2) is 16.1 Å². The Balaban J connectivity index is 1.77. The van der Waals surface area contributed by atoms with Crippen molar-refractivity contribution in [2.45, 2.75) is 20.5 Å². The standard InChI is InChI=1S/C25H19N9/c1-16-11-19(5-4-10-26)12-17(2)21(16)31-23-22-24(34(14-28-3)15-29-22)33-25(32-23)30-20-8-6-18(13-27)7-9-20/h4-9,11-12,15H,14H2,1-2H3,(H2,30,31,32,33). The van der Waals surface area contributed by atoms with E-state index < -0.39 is 0 Å². The van der Waals surface area contributed by atoms with Gasteiger partial charge in [0.25, 0.3) is 6.67 Å². The number of benzene rings is 2. The molecule has 4 rings (SSSR count). The summed E-state index contributed by atoms with van der Waals surface area (Å²) in [4.78, 5) is 17.1. The highest BCUT2D eigenvalue weighted by Gasteiger charge is 2.16. The molecule has 9 nitrogen and oxygen atoms in total. The molecule has 0 fully saturated rings. The molecule has 0 aliphatic heterocycles. The zero-order valence-electron chi connectivity index (χ0n) is 18.5. The van der Waals surface area contributed by atoms with Crippen molar-refractivity contribution in [1.29, 1.82) is 10.5 Å². The van der Waals surface area contributed by atoms with Crippen molar-refractivity contribution < 1.29 is 0 Å². The lowest BCUT2D eigenvalue weighted by Crippen LogP contribution is -2.05. The average Bonchev–Trinajstić information content (AvgIpc) is 3.23. The van der Waals surface area contributed by atoms with E-state index in [0.29, 0.717) is 28.5 Å². The van der Waals surface area contributed by atoms with Gasteiger partial charge in [0.2, 0.25) is 5.95 Å². The van der Waals surface area contributed by atoms with Crippen LogP contribution in [0.25, 0.3) is 22.1 Å². The minimum Gasteiger partial charge on any atom is -0.338 e. The monoisotopic (exact) mass is 445 g/mol. The van der Waals surface area contributed by atoms with Crippen molar-refractivity contribution in [2.75, 3.05) is 10.6 Å². The van der Waals surface area contributed by atoms with E-state index in [1.807, 2.05) is 32.0 Å². The number of nitrogens with zero attached hydrogens (tertiary/aromatic N) is 7. The molecule has 9 heteroatoms. The minimum atomic E-state index is 0.0846. The minimum absolute atomic E-state index is 0.0846. The maximum absolute atomic E-state index is 9.02. The Labute approximate surface area is 196 Å². The van der Waals surface area contributed by atoms with E-state index in [1.54, 1.807) is 41.2 Å². The second-order valence-electron chi connectivity index (χ2n) is 7.51. The molecule has 0 unspecified atom stereocenters. The Morgan fingerprint density at radius 1 is 1.09 bits per heavy atom. The van der Waals surface area contributed by atoms with E-state index in [2.05, 4.69) is 36.5 Å². The van der Waals surface area contributed by atoms with Gasteiger partial charge in [-0.2, -0.15) is 20.5 Å². The summed E-state index contributed by atoms with van der Waals surface area (Å²) in [7, 11) is 0. The Bertz CT molecular complexity index is 1500. The molecule has 4 aromatic rings. The molecule has 0 spiro atoms. The van der Waals surface area contributed by atoms with Crippen molar-refractivity contribution in [2.24, 2.45) is 0 Å². The highest BCUT2D eigenvalue weighted by Crippen LogP contribution is 2.30. The number of nitrogens with one attached hydrogen (secondary N) is 2. The first-order valence-corrected chi connectivity index (χ1v) is 10.3. The van der Waals surface area contributed by atoms with Gasteiger partial charge in [-0.05, 0) is 73.0 Å². The fraction of sp³-hybridized carbons (Fsp3) is 0.120. The molecule has 0 saturated heterocycles. The molecule has 0 amide bonds. The SMILES string of the molecule is [C-]#[N+]Cn1cnc2c(Nc3c(C)cc(C=CC#N)cc3C)nc(Nc3ccc(C#N)cc3)nc21. The van der Waals surface area contributed by atoms with Crippen molar-refractivity contribution in [3.63, 3.8) is 0 Å². The topological polar surface area (TPSA) is 120 Å². The Hall–Kier alpha value is -5.20. The van der Waals surface area contributed by atoms with Gasteiger partial charge >= 0.3 is 0 Å². The van der Waals surface area contributed by atoms with Crippen LogP contribution in [0.3, 0.4) is 0 Å². The average molecular weight is 445 g/mol. The van der Waals surface area contributed by atoms with E-state index in [-0.39, 0.29) is 6.67 Å². The summed E-state index contributed by atoms with van der Waals surface area (Å²) >= 11 is 0. The number of nitriles is 2. The van der Waals surface area contributed by atoms with E-state index >= 15 is 0 Å². The molecule has 34 heavy (non-hydrogen) atoms. The van der Waals surface area contributed by atoms with Crippen LogP contribution in [0, 0.1) is 43.1 Å². The molecule has 164 valence electrons. The summed E-state index contributed by atoms with van der Waals surface area (Å²) in [5.41, 5.74) is 6.10. The van der Waals surface area contributed by atoms with Crippen LogP contribution in [-0.2, 0) is 6.67 Å².